The van der Waals surface area contributed by atoms with Crippen LogP contribution in [0.25, 0.3) is 11.6 Å². The molecule has 0 fully saturated rings. The number of halogens is 1. The van der Waals surface area contributed by atoms with Gasteiger partial charge in [-0.1, -0.05) is 6.92 Å². The molecule has 140 valence electrons. The first-order valence-corrected chi connectivity index (χ1v) is 9.09. The number of non-ortho nitro benzene ring substituents is 1. The predicted octanol–water partition coefficient (Wildman–Crippen LogP) is 5.61. The summed E-state index contributed by atoms with van der Waals surface area (Å²) in [6, 6.07) is 11.6. The van der Waals surface area contributed by atoms with Gasteiger partial charge in [-0.25, -0.2) is 0 Å². The van der Waals surface area contributed by atoms with Crippen LogP contribution in [0.15, 0.2) is 40.9 Å². The lowest BCUT2D eigenvalue weighted by molar-refractivity contribution is -0.384. The Balaban J connectivity index is 2.42. The van der Waals surface area contributed by atoms with Gasteiger partial charge in [-0.3, -0.25) is 10.1 Å². The van der Waals surface area contributed by atoms with Crippen LogP contribution in [0.2, 0.25) is 0 Å². The number of nitro groups is 1. The van der Waals surface area contributed by atoms with Crippen molar-refractivity contribution in [3.63, 3.8) is 0 Å². The fourth-order valence-corrected chi connectivity index (χ4v) is 2.88. The Morgan fingerprint density at radius 1 is 1.37 bits per heavy atom. The molecule has 0 aromatic heterocycles. The highest BCUT2D eigenvalue weighted by atomic mass is 79.9. The van der Waals surface area contributed by atoms with Gasteiger partial charge in [0.25, 0.3) is 5.69 Å². The molecule has 7 heteroatoms. The second-order valence-electron chi connectivity index (χ2n) is 5.84. The zero-order valence-electron chi connectivity index (χ0n) is 15.2. The van der Waals surface area contributed by atoms with Crippen LogP contribution in [-0.2, 0) is 0 Å². The Kier molecular flexibility index (Phi) is 6.97. The molecule has 6 nitrogen and oxygen atoms in total. The molecular weight excluding hydrogens is 412 g/mol. The number of rotatable bonds is 7. The average Bonchev–Trinajstić information content (AvgIpc) is 2.67. The lowest BCUT2D eigenvalue weighted by Gasteiger charge is -2.17. The molecule has 0 spiro atoms. The number of hydrogen-bond acceptors (Lipinski definition) is 5. The highest BCUT2D eigenvalue weighted by Crippen LogP contribution is 2.38. The highest BCUT2D eigenvalue weighted by Gasteiger charge is 2.14. The van der Waals surface area contributed by atoms with Crippen molar-refractivity contribution in [1.82, 2.24) is 0 Å². The Hall–Kier alpha value is -2.85. The summed E-state index contributed by atoms with van der Waals surface area (Å²) in [5.41, 5.74) is 1.70. The van der Waals surface area contributed by atoms with E-state index in [0.29, 0.717) is 22.6 Å². The van der Waals surface area contributed by atoms with Crippen LogP contribution in [0, 0.1) is 21.4 Å². The van der Waals surface area contributed by atoms with Crippen molar-refractivity contribution < 1.29 is 14.4 Å². The average molecular weight is 431 g/mol. The molecule has 2 rings (SSSR count). The van der Waals surface area contributed by atoms with Crippen LogP contribution >= 0.6 is 15.9 Å². The van der Waals surface area contributed by atoms with E-state index in [1.165, 1.54) is 12.1 Å². The van der Waals surface area contributed by atoms with E-state index in [0.717, 1.165) is 16.5 Å². The van der Waals surface area contributed by atoms with Crippen molar-refractivity contribution in [2.24, 2.45) is 0 Å². The van der Waals surface area contributed by atoms with Gasteiger partial charge in [-0.2, -0.15) is 5.26 Å². The number of hydrogen-bond donors (Lipinski definition) is 0. The van der Waals surface area contributed by atoms with Gasteiger partial charge < -0.3 is 9.47 Å². The largest absolute Gasteiger partial charge is 0.493 e. The van der Waals surface area contributed by atoms with Crippen LogP contribution in [0.1, 0.15) is 31.4 Å². The van der Waals surface area contributed by atoms with Crippen molar-refractivity contribution in [3.05, 3.63) is 62.1 Å². The number of allylic oxidation sites excluding steroid dienone is 1. The third-order valence-corrected chi connectivity index (χ3v) is 4.56. The van der Waals surface area contributed by atoms with Crippen molar-refractivity contribution in [1.29, 1.82) is 5.26 Å². The number of nitriles is 1. The SMILES string of the molecule is CC[C@H](C)Oc1c(Br)cc(/C=C(/C#N)c2ccc([N+](=O)[O-])cc2)cc1OC. The number of methoxy groups -OCH3 is 1. The van der Waals surface area contributed by atoms with Crippen molar-refractivity contribution >= 4 is 33.3 Å². The molecule has 1 atom stereocenters. The molecule has 0 aliphatic carbocycles. The van der Waals surface area contributed by atoms with E-state index in [9.17, 15) is 15.4 Å². The van der Waals surface area contributed by atoms with E-state index in [1.807, 2.05) is 19.9 Å². The van der Waals surface area contributed by atoms with E-state index >= 15 is 0 Å². The second-order valence-corrected chi connectivity index (χ2v) is 6.70. The van der Waals surface area contributed by atoms with Crippen LogP contribution in [-0.4, -0.2) is 18.1 Å². The van der Waals surface area contributed by atoms with E-state index in [1.54, 1.807) is 31.4 Å². The molecule has 2 aromatic carbocycles. The number of nitro benzene ring substituents is 1. The summed E-state index contributed by atoms with van der Waals surface area (Å²) in [5, 5.41) is 20.3. The summed E-state index contributed by atoms with van der Waals surface area (Å²) < 4.78 is 12.1. The standard InChI is InChI=1S/C20H19BrN2O4/c1-4-13(2)27-20-18(21)10-14(11-19(20)26-3)9-16(12-22)15-5-7-17(8-6-15)23(24)25/h5-11,13H,4H2,1-3H3/b16-9-/t13-/m0/s1. The number of ether oxygens (including phenoxy) is 2. The number of nitrogens with zero attached hydrogens (tertiary/aromatic N) is 2. The molecule has 0 aliphatic rings. The van der Waals surface area contributed by atoms with Gasteiger partial charge >= 0.3 is 0 Å². The van der Waals surface area contributed by atoms with Crippen LogP contribution in [0.5, 0.6) is 11.5 Å². The fraction of sp³-hybridized carbons (Fsp3) is 0.250. The molecule has 0 saturated heterocycles. The summed E-state index contributed by atoms with van der Waals surface area (Å²) in [6.07, 6.45) is 2.59. The summed E-state index contributed by atoms with van der Waals surface area (Å²) >= 11 is 3.50. The van der Waals surface area contributed by atoms with E-state index in [2.05, 4.69) is 22.0 Å². The first-order valence-electron chi connectivity index (χ1n) is 8.30. The molecule has 0 bridgehead atoms. The highest BCUT2D eigenvalue weighted by molar-refractivity contribution is 9.10. The van der Waals surface area contributed by atoms with Crippen molar-refractivity contribution in [2.75, 3.05) is 7.11 Å². The maximum Gasteiger partial charge on any atom is 0.269 e. The van der Waals surface area contributed by atoms with Gasteiger partial charge in [-0.05, 0) is 70.7 Å². The van der Waals surface area contributed by atoms with E-state index in [-0.39, 0.29) is 11.8 Å². The Morgan fingerprint density at radius 2 is 2.04 bits per heavy atom. The zero-order chi connectivity index (χ0) is 20.0. The molecule has 0 unspecified atom stereocenters. The lowest BCUT2D eigenvalue weighted by atomic mass is 10.0. The molecule has 0 heterocycles. The third kappa shape index (κ3) is 5.08. The normalized spacial score (nSPS) is 12.2. The molecule has 0 aliphatic heterocycles. The molecule has 0 N–H and O–H groups in total. The summed E-state index contributed by atoms with van der Waals surface area (Å²) in [5.74, 6) is 1.16. The molecule has 0 radical (unpaired) electrons. The minimum Gasteiger partial charge on any atom is -0.493 e. The van der Waals surface area contributed by atoms with Gasteiger partial charge in [0.1, 0.15) is 0 Å². The number of benzene rings is 2. The van der Waals surface area contributed by atoms with E-state index < -0.39 is 4.92 Å². The summed E-state index contributed by atoms with van der Waals surface area (Å²) in [6.45, 7) is 4.01. The summed E-state index contributed by atoms with van der Waals surface area (Å²) in [4.78, 5) is 10.3. The van der Waals surface area contributed by atoms with E-state index in [4.69, 9.17) is 9.47 Å². The van der Waals surface area contributed by atoms with Crippen LogP contribution in [0.4, 0.5) is 5.69 Å². The van der Waals surface area contributed by atoms with Crippen molar-refractivity contribution in [2.45, 2.75) is 26.4 Å². The Labute approximate surface area is 166 Å². The zero-order valence-corrected chi connectivity index (χ0v) is 16.8. The van der Waals surface area contributed by atoms with Gasteiger partial charge in [0.2, 0.25) is 0 Å². The molecule has 2 aromatic rings. The molecular formula is C20H19BrN2O4. The molecule has 0 saturated carbocycles. The predicted molar refractivity (Wildman–Crippen MR) is 108 cm³/mol. The lowest BCUT2D eigenvalue weighted by Crippen LogP contribution is -2.11. The quantitative estimate of drug-likeness (QED) is 0.246. The monoisotopic (exact) mass is 430 g/mol. The van der Waals surface area contributed by atoms with Crippen LogP contribution in [0.3, 0.4) is 0 Å². The maximum absolute atomic E-state index is 10.8. The first kappa shape index (κ1) is 20.5. The van der Waals surface area contributed by atoms with Gasteiger partial charge in [-0.15, -0.1) is 0 Å². The fourth-order valence-electron chi connectivity index (χ4n) is 2.33. The maximum atomic E-state index is 10.8. The van der Waals surface area contributed by atoms with Crippen molar-refractivity contribution in [3.8, 4) is 17.6 Å². The molecule has 27 heavy (non-hydrogen) atoms. The first-order chi connectivity index (χ1) is 12.9. The Morgan fingerprint density at radius 3 is 2.56 bits per heavy atom. The topological polar surface area (TPSA) is 85.4 Å². The van der Waals surface area contributed by atoms with Gasteiger partial charge in [0.15, 0.2) is 11.5 Å². The third-order valence-electron chi connectivity index (χ3n) is 3.97. The smallest absolute Gasteiger partial charge is 0.269 e. The Bertz CT molecular complexity index is 901. The van der Waals surface area contributed by atoms with Gasteiger partial charge in [0, 0.05) is 12.1 Å². The minimum absolute atomic E-state index is 0.0213. The second kappa shape index (κ2) is 9.19. The summed E-state index contributed by atoms with van der Waals surface area (Å²) in [7, 11) is 1.56. The molecule has 0 amide bonds. The van der Waals surface area contributed by atoms with Crippen LogP contribution < -0.4 is 9.47 Å². The van der Waals surface area contributed by atoms with Gasteiger partial charge in [0.05, 0.1) is 34.3 Å². The minimum atomic E-state index is -0.475.